The standard InChI is InChI=1S/C15H15NO2/c1-18-15(17)14(10-6-7-10)12-8-11-4-2-3-5-13(11)16-9-12/h2-5,8-10,14H,6-7H2,1H3. The first-order valence-corrected chi connectivity index (χ1v) is 6.22. The predicted molar refractivity (Wildman–Crippen MR) is 69.2 cm³/mol. The van der Waals surface area contributed by atoms with Gasteiger partial charge in [-0.2, -0.15) is 0 Å². The highest BCUT2D eigenvalue weighted by Crippen LogP contribution is 2.43. The number of para-hydroxylation sites is 1. The lowest BCUT2D eigenvalue weighted by molar-refractivity contribution is -0.143. The Morgan fingerprint density at radius 2 is 2.17 bits per heavy atom. The number of benzene rings is 1. The van der Waals surface area contributed by atoms with Gasteiger partial charge in [0.2, 0.25) is 0 Å². The average molecular weight is 241 g/mol. The van der Waals surface area contributed by atoms with Gasteiger partial charge >= 0.3 is 5.97 Å². The zero-order valence-electron chi connectivity index (χ0n) is 10.3. The number of carbonyl (C=O) groups excluding carboxylic acids is 1. The van der Waals surface area contributed by atoms with Gasteiger partial charge in [-0.15, -0.1) is 0 Å². The molecular formula is C15H15NO2. The first kappa shape index (κ1) is 11.2. The maximum Gasteiger partial charge on any atom is 0.313 e. The van der Waals surface area contributed by atoms with Gasteiger partial charge in [-0.1, -0.05) is 18.2 Å². The molecule has 2 aromatic rings. The van der Waals surface area contributed by atoms with Crippen LogP contribution in [0.4, 0.5) is 0 Å². The van der Waals surface area contributed by atoms with Crippen molar-refractivity contribution in [1.82, 2.24) is 4.98 Å². The van der Waals surface area contributed by atoms with E-state index in [1.165, 1.54) is 7.11 Å². The number of methoxy groups -OCH3 is 1. The van der Waals surface area contributed by atoms with E-state index in [4.69, 9.17) is 4.74 Å². The van der Waals surface area contributed by atoms with Crippen molar-refractivity contribution in [2.45, 2.75) is 18.8 Å². The van der Waals surface area contributed by atoms with Crippen molar-refractivity contribution in [2.75, 3.05) is 7.11 Å². The van der Waals surface area contributed by atoms with E-state index in [2.05, 4.69) is 11.1 Å². The van der Waals surface area contributed by atoms with Crippen LogP contribution in [0.5, 0.6) is 0 Å². The van der Waals surface area contributed by atoms with Crippen LogP contribution in [0.3, 0.4) is 0 Å². The molecule has 0 radical (unpaired) electrons. The smallest absolute Gasteiger partial charge is 0.313 e. The van der Waals surface area contributed by atoms with Crippen molar-refractivity contribution < 1.29 is 9.53 Å². The number of ether oxygens (including phenoxy) is 1. The van der Waals surface area contributed by atoms with Gasteiger partial charge in [-0.25, -0.2) is 0 Å². The summed E-state index contributed by atoms with van der Waals surface area (Å²) in [6, 6.07) is 10.0. The molecule has 1 aliphatic carbocycles. The SMILES string of the molecule is COC(=O)C(c1cnc2ccccc2c1)C1CC1. The molecule has 1 fully saturated rings. The molecule has 0 N–H and O–H groups in total. The van der Waals surface area contributed by atoms with Crippen LogP contribution in [0.1, 0.15) is 24.3 Å². The maximum atomic E-state index is 11.9. The molecule has 1 aromatic carbocycles. The molecule has 0 bridgehead atoms. The molecule has 3 heteroatoms. The topological polar surface area (TPSA) is 39.2 Å². The number of pyridine rings is 1. The first-order chi connectivity index (χ1) is 8.79. The van der Waals surface area contributed by atoms with Crippen molar-refractivity contribution >= 4 is 16.9 Å². The van der Waals surface area contributed by atoms with Crippen LogP contribution in [0.2, 0.25) is 0 Å². The number of hydrogen-bond acceptors (Lipinski definition) is 3. The van der Waals surface area contributed by atoms with E-state index < -0.39 is 0 Å². The van der Waals surface area contributed by atoms with Crippen LogP contribution in [0.15, 0.2) is 36.5 Å². The highest BCUT2D eigenvalue weighted by atomic mass is 16.5. The largest absolute Gasteiger partial charge is 0.469 e. The fourth-order valence-electron chi connectivity index (χ4n) is 2.42. The Kier molecular flexibility index (Phi) is 2.74. The molecule has 1 atom stereocenters. The zero-order chi connectivity index (χ0) is 12.5. The lowest BCUT2D eigenvalue weighted by Crippen LogP contribution is -2.16. The minimum atomic E-state index is -0.146. The maximum absolute atomic E-state index is 11.9. The summed E-state index contributed by atoms with van der Waals surface area (Å²) in [5.74, 6) is 0.141. The van der Waals surface area contributed by atoms with Gasteiger partial charge in [0.05, 0.1) is 18.5 Å². The Morgan fingerprint density at radius 3 is 2.89 bits per heavy atom. The summed E-state index contributed by atoms with van der Waals surface area (Å²) in [6.45, 7) is 0. The highest BCUT2D eigenvalue weighted by Gasteiger charge is 2.38. The van der Waals surface area contributed by atoms with E-state index in [0.717, 1.165) is 29.3 Å². The van der Waals surface area contributed by atoms with Gasteiger partial charge in [-0.05, 0) is 36.5 Å². The number of fused-ring (bicyclic) bond motifs is 1. The van der Waals surface area contributed by atoms with Crippen LogP contribution in [-0.2, 0) is 9.53 Å². The number of hydrogen-bond donors (Lipinski definition) is 0. The summed E-state index contributed by atoms with van der Waals surface area (Å²) in [7, 11) is 1.45. The van der Waals surface area contributed by atoms with Gasteiger partial charge in [-0.3, -0.25) is 9.78 Å². The second kappa shape index (κ2) is 4.41. The molecule has 0 aliphatic heterocycles. The summed E-state index contributed by atoms with van der Waals surface area (Å²) in [5, 5.41) is 1.07. The molecule has 0 amide bonds. The van der Waals surface area contributed by atoms with Crippen LogP contribution in [0.25, 0.3) is 10.9 Å². The molecule has 0 saturated heterocycles. The minimum absolute atomic E-state index is 0.144. The van der Waals surface area contributed by atoms with E-state index in [1.54, 1.807) is 0 Å². The third-order valence-corrected chi connectivity index (χ3v) is 3.52. The van der Waals surface area contributed by atoms with E-state index in [1.807, 2.05) is 30.5 Å². The fraction of sp³-hybridized carbons (Fsp3) is 0.333. The van der Waals surface area contributed by atoms with E-state index >= 15 is 0 Å². The average Bonchev–Trinajstić information content (AvgIpc) is 3.23. The van der Waals surface area contributed by atoms with Crippen LogP contribution < -0.4 is 0 Å². The molecule has 1 unspecified atom stereocenters. The summed E-state index contributed by atoms with van der Waals surface area (Å²) < 4.78 is 4.91. The third kappa shape index (κ3) is 1.96. The van der Waals surface area contributed by atoms with Gasteiger partial charge < -0.3 is 4.74 Å². The van der Waals surface area contributed by atoms with Gasteiger partial charge in [0.1, 0.15) is 0 Å². The monoisotopic (exact) mass is 241 g/mol. The Bertz CT molecular complexity index is 590. The Morgan fingerprint density at radius 1 is 1.39 bits per heavy atom. The van der Waals surface area contributed by atoms with Gasteiger partial charge in [0, 0.05) is 11.6 Å². The van der Waals surface area contributed by atoms with Crippen molar-refractivity contribution in [3.63, 3.8) is 0 Å². The number of aromatic nitrogens is 1. The lowest BCUT2D eigenvalue weighted by atomic mass is 9.94. The quantitative estimate of drug-likeness (QED) is 0.776. The molecule has 3 nitrogen and oxygen atoms in total. The van der Waals surface area contributed by atoms with Crippen molar-refractivity contribution in [2.24, 2.45) is 5.92 Å². The number of esters is 1. The first-order valence-electron chi connectivity index (χ1n) is 6.22. The normalized spacial score (nSPS) is 16.5. The second-order valence-corrected chi connectivity index (χ2v) is 4.80. The Hall–Kier alpha value is -1.90. The second-order valence-electron chi connectivity index (χ2n) is 4.80. The molecule has 1 saturated carbocycles. The predicted octanol–water partition coefficient (Wildman–Crippen LogP) is 2.90. The molecule has 0 spiro atoms. The van der Waals surface area contributed by atoms with E-state index in [0.29, 0.717) is 5.92 Å². The van der Waals surface area contributed by atoms with E-state index in [9.17, 15) is 4.79 Å². The van der Waals surface area contributed by atoms with Crippen molar-refractivity contribution in [1.29, 1.82) is 0 Å². The number of rotatable bonds is 3. The zero-order valence-corrected chi connectivity index (χ0v) is 10.3. The van der Waals surface area contributed by atoms with Crippen LogP contribution >= 0.6 is 0 Å². The lowest BCUT2D eigenvalue weighted by Gasteiger charge is -2.14. The van der Waals surface area contributed by atoms with Crippen LogP contribution in [0, 0.1) is 5.92 Å². The minimum Gasteiger partial charge on any atom is -0.469 e. The summed E-state index contributed by atoms with van der Waals surface area (Å²) >= 11 is 0. The Balaban J connectivity index is 2.03. The number of carbonyl (C=O) groups is 1. The van der Waals surface area contributed by atoms with Crippen LogP contribution in [-0.4, -0.2) is 18.1 Å². The molecule has 1 aromatic heterocycles. The van der Waals surface area contributed by atoms with Gasteiger partial charge in [0.25, 0.3) is 0 Å². The molecule has 18 heavy (non-hydrogen) atoms. The fourth-order valence-corrected chi connectivity index (χ4v) is 2.42. The molecule has 1 aliphatic rings. The summed E-state index contributed by atoms with van der Waals surface area (Å²) in [6.07, 6.45) is 4.02. The molecule has 1 heterocycles. The number of nitrogens with zero attached hydrogens (tertiary/aromatic N) is 1. The molecular weight excluding hydrogens is 226 g/mol. The summed E-state index contributed by atoms with van der Waals surface area (Å²) in [4.78, 5) is 16.3. The molecule has 3 rings (SSSR count). The Labute approximate surface area is 106 Å². The van der Waals surface area contributed by atoms with Crippen molar-refractivity contribution in [3.8, 4) is 0 Å². The molecule has 92 valence electrons. The third-order valence-electron chi connectivity index (χ3n) is 3.52. The van der Waals surface area contributed by atoms with E-state index in [-0.39, 0.29) is 11.9 Å². The highest BCUT2D eigenvalue weighted by molar-refractivity contribution is 5.83. The summed E-state index contributed by atoms with van der Waals surface area (Å²) in [5.41, 5.74) is 1.93. The van der Waals surface area contributed by atoms with Crippen molar-refractivity contribution in [3.05, 3.63) is 42.1 Å². The van der Waals surface area contributed by atoms with Gasteiger partial charge in [0.15, 0.2) is 0 Å².